The molecule has 0 bridgehead atoms. The van der Waals surface area contributed by atoms with Gasteiger partial charge in [0.1, 0.15) is 4.83 Å². The van der Waals surface area contributed by atoms with Crippen LogP contribution < -0.4 is 15.7 Å². The van der Waals surface area contributed by atoms with E-state index in [1.54, 1.807) is 17.1 Å². The van der Waals surface area contributed by atoms with Crippen LogP contribution in [0.1, 0.15) is 35.5 Å². The Morgan fingerprint density at radius 1 is 1.12 bits per heavy atom. The first-order valence-corrected chi connectivity index (χ1v) is 11.5. The number of aromatic amines is 1. The molecular weight excluding hydrogens is 422 g/mol. The monoisotopic (exact) mass is 449 g/mol. The zero-order valence-electron chi connectivity index (χ0n) is 19.0. The zero-order chi connectivity index (χ0) is 23.0. The fourth-order valence-electron chi connectivity index (χ4n) is 3.64. The first kappa shape index (κ1) is 22.0. The third kappa shape index (κ3) is 4.25. The summed E-state index contributed by atoms with van der Waals surface area (Å²) in [7, 11) is 0. The molecule has 0 unspecified atom stereocenters. The highest BCUT2D eigenvalue weighted by Gasteiger charge is 2.17. The summed E-state index contributed by atoms with van der Waals surface area (Å²) in [4.78, 5) is 35.2. The Morgan fingerprint density at radius 3 is 2.59 bits per heavy atom. The topological polar surface area (TPSA) is 77.0 Å². The Balaban J connectivity index is 1.73. The summed E-state index contributed by atoms with van der Waals surface area (Å²) in [6.45, 7) is 10.9. The molecule has 0 amide bonds. The number of thiophene rings is 1. The quantitative estimate of drug-likeness (QED) is 0.458. The van der Waals surface area contributed by atoms with Crippen molar-refractivity contribution in [2.45, 2.75) is 41.2 Å². The molecule has 3 aromatic heterocycles. The largest absolute Gasteiger partial charge is 0.488 e. The number of aryl methyl sites for hydroxylation is 3. The van der Waals surface area contributed by atoms with Crippen LogP contribution >= 0.6 is 11.3 Å². The molecule has 3 heterocycles. The van der Waals surface area contributed by atoms with Crippen molar-refractivity contribution < 1.29 is 4.74 Å². The van der Waals surface area contributed by atoms with Crippen molar-refractivity contribution in [3.05, 3.63) is 79.1 Å². The van der Waals surface area contributed by atoms with E-state index in [0.717, 1.165) is 20.8 Å². The van der Waals surface area contributed by atoms with Crippen molar-refractivity contribution in [1.82, 2.24) is 14.5 Å². The van der Waals surface area contributed by atoms with E-state index in [-0.39, 0.29) is 23.3 Å². The lowest BCUT2D eigenvalue weighted by Crippen LogP contribution is -2.22. The van der Waals surface area contributed by atoms with Gasteiger partial charge >= 0.3 is 0 Å². The van der Waals surface area contributed by atoms with E-state index < -0.39 is 0 Å². The standard InChI is InChI=1S/C25H27N3O3S/c1-14(2)12-31-21-10-26-19(9-20(21)29)11-28-13-27-24-23(25(28)30)22(17(5)32-24)18-7-6-15(3)16(4)8-18/h6-10,13-14H,11-12H2,1-5H3,(H,26,29). The normalized spacial score (nSPS) is 11.4. The first-order valence-electron chi connectivity index (χ1n) is 10.6. The molecule has 1 N–H and O–H groups in total. The van der Waals surface area contributed by atoms with Crippen LogP contribution in [0.15, 0.2) is 46.4 Å². The molecule has 0 fully saturated rings. The van der Waals surface area contributed by atoms with Gasteiger partial charge in [0.2, 0.25) is 5.43 Å². The molecule has 0 aliphatic carbocycles. The van der Waals surface area contributed by atoms with Gasteiger partial charge in [0, 0.05) is 28.4 Å². The Labute approximate surface area is 190 Å². The average Bonchev–Trinajstić information content (AvgIpc) is 3.08. The number of hydrogen-bond acceptors (Lipinski definition) is 5. The molecule has 0 aliphatic rings. The molecule has 7 heteroatoms. The van der Waals surface area contributed by atoms with Gasteiger partial charge in [-0.1, -0.05) is 32.0 Å². The van der Waals surface area contributed by atoms with Crippen LogP contribution in [0.3, 0.4) is 0 Å². The van der Waals surface area contributed by atoms with Gasteiger partial charge in [0.15, 0.2) is 5.75 Å². The van der Waals surface area contributed by atoms with Crippen molar-refractivity contribution in [1.29, 1.82) is 0 Å². The molecule has 0 saturated carbocycles. The number of rotatable bonds is 6. The first-order chi connectivity index (χ1) is 15.2. The second kappa shape index (κ2) is 8.74. The minimum atomic E-state index is -0.205. The van der Waals surface area contributed by atoms with Crippen LogP contribution in [-0.4, -0.2) is 21.1 Å². The van der Waals surface area contributed by atoms with Crippen molar-refractivity contribution in [2.24, 2.45) is 5.92 Å². The SMILES string of the molecule is Cc1ccc(-c2c(C)sc3ncn(Cc4cc(=O)c(OCC(C)C)c[nH]4)c(=O)c23)cc1C. The van der Waals surface area contributed by atoms with Crippen LogP contribution in [0.25, 0.3) is 21.3 Å². The smallest absolute Gasteiger partial charge is 0.263 e. The zero-order valence-corrected chi connectivity index (χ0v) is 19.8. The molecule has 4 rings (SSSR count). The van der Waals surface area contributed by atoms with E-state index in [2.05, 4.69) is 42.0 Å². The number of nitrogens with zero attached hydrogens (tertiary/aromatic N) is 2. The summed E-state index contributed by atoms with van der Waals surface area (Å²) in [6, 6.07) is 7.74. The highest BCUT2D eigenvalue weighted by molar-refractivity contribution is 7.19. The summed E-state index contributed by atoms with van der Waals surface area (Å²) >= 11 is 1.53. The number of fused-ring (bicyclic) bond motifs is 1. The van der Waals surface area contributed by atoms with E-state index in [1.165, 1.54) is 28.5 Å². The van der Waals surface area contributed by atoms with E-state index in [4.69, 9.17) is 4.74 Å². The summed E-state index contributed by atoms with van der Waals surface area (Å²) in [6.07, 6.45) is 3.11. The molecule has 0 spiro atoms. The van der Waals surface area contributed by atoms with Crippen LogP contribution in [0.2, 0.25) is 0 Å². The van der Waals surface area contributed by atoms with Crippen molar-refractivity contribution in [3.63, 3.8) is 0 Å². The van der Waals surface area contributed by atoms with Gasteiger partial charge in [0.25, 0.3) is 5.56 Å². The predicted octanol–water partition coefficient (Wildman–Crippen LogP) is 4.82. The molecule has 0 aliphatic heterocycles. The van der Waals surface area contributed by atoms with Crippen molar-refractivity contribution >= 4 is 21.6 Å². The number of ether oxygens (including phenoxy) is 1. The molecule has 0 radical (unpaired) electrons. The van der Waals surface area contributed by atoms with Gasteiger partial charge in [-0.3, -0.25) is 14.2 Å². The molecule has 32 heavy (non-hydrogen) atoms. The third-order valence-corrected chi connectivity index (χ3v) is 6.51. The van der Waals surface area contributed by atoms with E-state index in [9.17, 15) is 9.59 Å². The lowest BCUT2D eigenvalue weighted by molar-refractivity contribution is 0.267. The van der Waals surface area contributed by atoms with Crippen LogP contribution in [-0.2, 0) is 6.54 Å². The second-order valence-corrected chi connectivity index (χ2v) is 9.78. The minimum absolute atomic E-state index is 0.117. The van der Waals surface area contributed by atoms with Crippen molar-refractivity contribution in [3.8, 4) is 16.9 Å². The second-order valence-electron chi connectivity index (χ2n) is 8.58. The number of nitrogens with one attached hydrogen (secondary N) is 1. The van der Waals surface area contributed by atoms with Crippen molar-refractivity contribution in [2.75, 3.05) is 6.61 Å². The Morgan fingerprint density at radius 2 is 1.91 bits per heavy atom. The molecular formula is C25H27N3O3S. The maximum Gasteiger partial charge on any atom is 0.263 e. The van der Waals surface area contributed by atoms with Gasteiger partial charge in [-0.15, -0.1) is 11.3 Å². The molecule has 0 atom stereocenters. The Kier molecular flexibility index (Phi) is 6.02. The van der Waals surface area contributed by atoms with Crippen LogP contribution in [0, 0.1) is 26.7 Å². The molecule has 6 nitrogen and oxygen atoms in total. The highest BCUT2D eigenvalue weighted by Crippen LogP contribution is 2.36. The minimum Gasteiger partial charge on any atom is -0.488 e. The molecule has 1 aromatic carbocycles. The number of aromatic nitrogens is 3. The van der Waals surface area contributed by atoms with Gasteiger partial charge in [0.05, 0.1) is 24.9 Å². The summed E-state index contributed by atoms with van der Waals surface area (Å²) < 4.78 is 7.09. The summed E-state index contributed by atoms with van der Waals surface area (Å²) in [5, 5.41) is 0.623. The van der Waals surface area contributed by atoms with Gasteiger partial charge in [-0.25, -0.2) is 4.98 Å². The predicted molar refractivity (Wildman–Crippen MR) is 130 cm³/mol. The average molecular weight is 450 g/mol. The van der Waals surface area contributed by atoms with E-state index in [1.807, 2.05) is 20.8 Å². The lowest BCUT2D eigenvalue weighted by Gasteiger charge is -2.10. The highest BCUT2D eigenvalue weighted by atomic mass is 32.1. The van der Waals surface area contributed by atoms with Gasteiger partial charge < -0.3 is 9.72 Å². The molecule has 4 aromatic rings. The number of H-pyrrole nitrogens is 1. The number of benzene rings is 1. The van der Waals surface area contributed by atoms with Crippen LogP contribution in [0.4, 0.5) is 0 Å². The number of pyridine rings is 1. The Bertz CT molecular complexity index is 1410. The fraction of sp³-hybridized carbons (Fsp3) is 0.320. The van der Waals surface area contributed by atoms with Gasteiger partial charge in [-0.05, 0) is 43.4 Å². The summed E-state index contributed by atoms with van der Waals surface area (Å²) in [5.41, 5.74) is 4.65. The third-order valence-electron chi connectivity index (χ3n) is 5.50. The van der Waals surface area contributed by atoms with Gasteiger partial charge in [-0.2, -0.15) is 0 Å². The summed E-state index contributed by atoms with van der Waals surface area (Å²) in [5.74, 6) is 0.611. The maximum atomic E-state index is 13.4. The molecule has 0 saturated heterocycles. The fourth-order valence-corrected chi connectivity index (χ4v) is 4.64. The Hall–Kier alpha value is -3.19. The van der Waals surface area contributed by atoms with E-state index in [0.29, 0.717) is 23.6 Å². The van der Waals surface area contributed by atoms with E-state index >= 15 is 0 Å². The molecule has 166 valence electrons. The van der Waals surface area contributed by atoms with Crippen LogP contribution in [0.5, 0.6) is 5.75 Å². The maximum absolute atomic E-state index is 13.4. The number of hydrogen-bond donors (Lipinski definition) is 1. The lowest BCUT2D eigenvalue weighted by atomic mass is 9.99.